The van der Waals surface area contributed by atoms with Crippen LogP contribution >= 0.6 is 11.6 Å². The van der Waals surface area contributed by atoms with Crippen molar-refractivity contribution in [3.05, 3.63) is 28.3 Å². The Kier molecular flexibility index (Phi) is 3.07. The molecule has 0 spiro atoms. The Morgan fingerprint density at radius 3 is 2.44 bits per heavy atom. The molecule has 1 aromatic carbocycles. The number of carbonyl (C=O) groups is 2. The van der Waals surface area contributed by atoms with Gasteiger partial charge in [-0.25, -0.2) is 0 Å². The second kappa shape index (κ2) is 4.28. The standard InChI is InChI=1S/C13H13ClO4/c1-7-5-8(14)6-9(10(7)18-2)11(15)13(3-4-13)12(16)17/h5-6H,3-4H2,1-2H3,(H,16,17). The van der Waals surface area contributed by atoms with Gasteiger partial charge in [0.2, 0.25) is 0 Å². The first-order valence-corrected chi connectivity index (χ1v) is 5.92. The van der Waals surface area contributed by atoms with Gasteiger partial charge in [0.05, 0.1) is 12.7 Å². The number of aryl methyl sites for hydroxylation is 1. The summed E-state index contributed by atoms with van der Waals surface area (Å²) in [6, 6.07) is 3.15. The molecule has 0 unspecified atom stereocenters. The van der Waals surface area contributed by atoms with Crippen LogP contribution in [0.15, 0.2) is 12.1 Å². The van der Waals surface area contributed by atoms with Crippen molar-refractivity contribution in [1.82, 2.24) is 0 Å². The molecule has 0 radical (unpaired) electrons. The van der Waals surface area contributed by atoms with Gasteiger partial charge in [0.1, 0.15) is 11.2 Å². The van der Waals surface area contributed by atoms with Gasteiger partial charge in [0, 0.05) is 5.02 Å². The third kappa shape index (κ3) is 1.86. The van der Waals surface area contributed by atoms with Crippen LogP contribution in [-0.2, 0) is 4.79 Å². The summed E-state index contributed by atoms with van der Waals surface area (Å²) in [4.78, 5) is 23.5. The number of carboxylic acid groups (broad SMARTS) is 1. The number of rotatable bonds is 4. The zero-order valence-corrected chi connectivity index (χ0v) is 10.9. The average Bonchev–Trinajstić information content (AvgIpc) is 3.08. The maximum absolute atomic E-state index is 12.3. The van der Waals surface area contributed by atoms with Crippen molar-refractivity contribution in [3.63, 3.8) is 0 Å². The molecule has 0 heterocycles. The first-order chi connectivity index (χ1) is 8.42. The zero-order valence-electron chi connectivity index (χ0n) is 10.1. The summed E-state index contributed by atoms with van der Waals surface area (Å²) < 4.78 is 5.18. The maximum Gasteiger partial charge on any atom is 0.317 e. The van der Waals surface area contributed by atoms with E-state index in [0.29, 0.717) is 23.6 Å². The molecule has 1 aliphatic rings. The van der Waals surface area contributed by atoms with E-state index in [4.69, 9.17) is 21.4 Å². The number of benzene rings is 1. The second-order valence-electron chi connectivity index (χ2n) is 4.52. The molecule has 1 aromatic rings. The molecule has 1 fully saturated rings. The molecule has 1 saturated carbocycles. The molecule has 0 amide bonds. The Balaban J connectivity index is 2.51. The van der Waals surface area contributed by atoms with E-state index in [-0.39, 0.29) is 5.56 Å². The summed E-state index contributed by atoms with van der Waals surface area (Å²) >= 11 is 5.92. The SMILES string of the molecule is COc1c(C)cc(Cl)cc1C(=O)C1(C(=O)O)CC1. The molecule has 5 heteroatoms. The van der Waals surface area contributed by atoms with E-state index < -0.39 is 17.2 Å². The molecule has 1 N–H and O–H groups in total. The maximum atomic E-state index is 12.3. The highest BCUT2D eigenvalue weighted by Gasteiger charge is 2.57. The Morgan fingerprint density at radius 2 is 2.00 bits per heavy atom. The fourth-order valence-corrected chi connectivity index (χ4v) is 2.36. The Bertz CT molecular complexity index is 532. The van der Waals surface area contributed by atoms with Crippen molar-refractivity contribution in [2.24, 2.45) is 5.41 Å². The number of ether oxygens (including phenoxy) is 1. The van der Waals surface area contributed by atoms with Gasteiger partial charge in [-0.05, 0) is 37.5 Å². The van der Waals surface area contributed by atoms with Gasteiger partial charge in [-0.1, -0.05) is 11.6 Å². The van der Waals surface area contributed by atoms with E-state index in [0.717, 1.165) is 5.56 Å². The molecule has 1 aliphatic carbocycles. The lowest BCUT2D eigenvalue weighted by molar-refractivity contribution is -0.141. The Labute approximate surface area is 110 Å². The third-order valence-corrected chi connectivity index (χ3v) is 3.50. The molecule has 4 nitrogen and oxygen atoms in total. The molecule has 2 rings (SSSR count). The predicted octanol–water partition coefficient (Wildman–Crippen LogP) is 2.70. The number of carboxylic acids is 1. The number of aliphatic carboxylic acids is 1. The van der Waals surface area contributed by atoms with Gasteiger partial charge in [-0.15, -0.1) is 0 Å². The summed E-state index contributed by atoms with van der Waals surface area (Å²) in [5.74, 6) is -1.10. The lowest BCUT2D eigenvalue weighted by atomic mass is 9.93. The van der Waals surface area contributed by atoms with Gasteiger partial charge in [-0.2, -0.15) is 0 Å². The van der Waals surface area contributed by atoms with Crippen molar-refractivity contribution in [2.75, 3.05) is 7.11 Å². The van der Waals surface area contributed by atoms with Gasteiger partial charge < -0.3 is 9.84 Å². The fraction of sp³-hybridized carbons (Fsp3) is 0.385. The monoisotopic (exact) mass is 268 g/mol. The molecule has 96 valence electrons. The van der Waals surface area contributed by atoms with Crippen molar-refractivity contribution in [3.8, 4) is 5.75 Å². The van der Waals surface area contributed by atoms with E-state index in [1.165, 1.54) is 13.2 Å². The van der Waals surface area contributed by atoms with E-state index >= 15 is 0 Å². The smallest absolute Gasteiger partial charge is 0.317 e. The van der Waals surface area contributed by atoms with Crippen LogP contribution in [0.2, 0.25) is 5.02 Å². The molecule has 0 bridgehead atoms. The molecule has 18 heavy (non-hydrogen) atoms. The number of hydrogen-bond donors (Lipinski definition) is 1. The van der Waals surface area contributed by atoms with Crippen LogP contribution in [0.4, 0.5) is 0 Å². The fourth-order valence-electron chi connectivity index (χ4n) is 2.09. The molecule has 0 saturated heterocycles. The Hall–Kier alpha value is -1.55. The number of hydrogen-bond acceptors (Lipinski definition) is 3. The average molecular weight is 269 g/mol. The minimum absolute atomic E-state index is 0.252. The first-order valence-electron chi connectivity index (χ1n) is 5.55. The normalized spacial score (nSPS) is 16.2. The number of carbonyl (C=O) groups excluding carboxylic acids is 1. The van der Waals surface area contributed by atoms with E-state index in [1.54, 1.807) is 13.0 Å². The van der Waals surface area contributed by atoms with Crippen LogP contribution < -0.4 is 4.74 Å². The van der Waals surface area contributed by atoms with Crippen molar-refractivity contribution in [2.45, 2.75) is 19.8 Å². The van der Waals surface area contributed by atoms with E-state index in [9.17, 15) is 9.59 Å². The summed E-state index contributed by atoms with van der Waals surface area (Å²) in [6.45, 7) is 1.77. The topological polar surface area (TPSA) is 63.6 Å². The van der Waals surface area contributed by atoms with Crippen LogP contribution in [0.1, 0.15) is 28.8 Å². The highest BCUT2D eigenvalue weighted by atomic mass is 35.5. The molecule has 0 atom stereocenters. The lowest BCUT2D eigenvalue weighted by Gasteiger charge is -2.14. The Morgan fingerprint density at radius 1 is 1.39 bits per heavy atom. The number of Topliss-reactive ketones (excluding diaryl/α,β-unsaturated/α-hetero) is 1. The van der Waals surface area contributed by atoms with Crippen molar-refractivity contribution in [1.29, 1.82) is 0 Å². The minimum Gasteiger partial charge on any atom is -0.496 e. The van der Waals surface area contributed by atoms with Gasteiger partial charge >= 0.3 is 5.97 Å². The van der Waals surface area contributed by atoms with Gasteiger partial charge in [-0.3, -0.25) is 9.59 Å². The lowest BCUT2D eigenvalue weighted by Crippen LogP contribution is -2.26. The zero-order chi connectivity index (χ0) is 13.5. The molecular weight excluding hydrogens is 256 g/mol. The van der Waals surface area contributed by atoms with E-state index in [1.807, 2.05) is 0 Å². The van der Waals surface area contributed by atoms with E-state index in [2.05, 4.69) is 0 Å². The van der Waals surface area contributed by atoms with Crippen LogP contribution in [0, 0.1) is 12.3 Å². The quantitative estimate of drug-likeness (QED) is 0.674. The van der Waals surface area contributed by atoms with Gasteiger partial charge in [0.25, 0.3) is 0 Å². The van der Waals surface area contributed by atoms with Crippen LogP contribution in [0.5, 0.6) is 5.75 Å². The summed E-state index contributed by atoms with van der Waals surface area (Å²) in [5, 5.41) is 9.54. The summed E-state index contributed by atoms with van der Waals surface area (Å²) in [5.41, 5.74) is -0.304. The predicted molar refractivity (Wildman–Crippen MR) is 66.4 cm³/mol. The van der Waals surface area contributed by atoms with Crippen LogP contribution in [0.25, 0.3) is 0 Å². The molecular formula is C13H13ClO4. The number of halogens is 1. The molecule has 0 aromatic heterocycles. The van der Waals surface area contributed by atoms with Crippen LogP contribution in [-0.4, -0.2) is 24.0 Å². The highest BCUT2D eigenvalue weighted by Crippen LogP contribution is 2.50. The molecule has 0 aliphatic heterocycles. The third-order valence-electron chi connectivity index (χ3n) is 3.28. The second-order valence-corrected chi connectivity index (χ2v) is 4.96. The minimum atomic E-state index is -1.27. The largest absolute Gasteiger partial charge is 0.496 e. The first kappa shape index (κ1) is 12.9. The highest BCUT2D eigenvalue weighted by molar-refractivity contribution is 6.31. The van der Waals surface area contributed by atoms with Crippen LogP contribution in [0.3, 0.4) is 0 Å². The van der Waals surface area contributed by atoms with Crippen molar-refractivity contribution >= 4 is 23.4 Å². The van der Waals surface area contributed by atoms with Crippen molar-refractivity contribution < 1.29 is 19.4 Å². The number of methoxy groups -OCH3 is 1. The van der Waals surface area contributed by atoms with Gasteiger partial charge in [0.15, 0.2) is 5.78 Å². The summed E-state index contributed by atoms with van der Waals surface area (Å²) in [7, 11) is 1.45. The summed E-state index contributed by atoms with van der Waals surface area (Å²) in [6.07, 6.45) is 0.742. The number of ketones is 1.